The zero-order chi connectivity index (χ0) is 10.5. The number of aromatic nitrogens is 2. The van der Waals surface area contributed by atoms with Crippen molar-refractivity contribution < 1.29 is 0 Å². The third-order valence-electron chi connectivity index (χ3n) is 2.89. The molecule has 1 aliphatic heterocycles. The molecule has 82 valence electrons. The molecule has 0 unspecified atom stereocenters. The lowest BCUT2D eigenvalue weighted by Crippen LogP contribution is -2.26. The summed E-state index contributed by atoms with van der Waals surface area (Å²) in [4.78, 5) is 10.7. The summed E-state index contributed by atoms with van der Waals surface area (Å²) in [6, 6.07) is 0. The molecule has 2 N–H and O–H groups in total. The zero-order valence-electron chi connectivity index (χ0n) is 9.02. The molecule has 0 aromatic carbocycles. The Morgan fingerprint density at radius 2 is 1.93 bits per heavy atom. The standard InChI is InChI=1S/C11H18N4/c12-7-10-8-13-9-14-11(10)15-5-3-1-2-4-6-15/h8-9H,1-7,12H2. The number of hydrogen-bond donors (Lipinski definition) is 1. The summed E-state index contributed by atoms with van der Waals surface area (Å²) in [6.07, 6.45) is 8.62. The average Bonchev–Trinajstić information content (AvgIpc) is 2.57. The van der Waals surface area contributed by atoms with E-state index >= 15 is 0 Å². The molecule has 1 fully saturated rings. The van der Waals surface area contributed by atoms with Gasteiger partial charge in [0.05, 0.1) is 0 Å². The monoisotopic (exact) mass is 206 g/mol. The third-order valence-corrected chi connectivity index (χ3v) is 2.89. The first-order valence-corrected chi connectivity index (χ1v) is 5.65. The van der Waals surface area contributed by atoms with Crippen LogP contribution in [0.4, 0.5) is 5.82 Å². The lowest BCUT2D eigenvalue weighted by molar-refractivity contribution is 0.726. The lowest BCUT2D eigenvalue weighted by atomic mass is 10.2. The Balaban J connectivity index is 2.18. The maximum absolute atomic E-state index is 5.69. The van der Waals surface area contributed by atoms with Gasteiger partial charge < -0.3 is 10.6 Å². The maximum atomic E-state index is 5.69. The molecule has 15 heavy (non-hydrogen) atoms. The van der Waals surface area contributed by atoms with Crippen LogP contribution in [0, 0.1) is 0 Å². The number of hydrogen-bond acceptors (Lipinski definition) is 4. The van der Waals surface area contributed by atoms with Crippen LogP contribution >= 0.6 is 0 Å². The van der Waals surface area contributed by atoms with E-state index in [1.54, 1.807) is 6.33 Å². The largest absolute Gasteiger partial charge is 0.356 e. The first-order valence-electron chi connectivity index (χ1n) is 5.65. The minimum Gasteiger partial charge on any atom is -0.356 e. The van der Waals surface area contributed by atoms with E-state index in [1.807, 2.05) is 6.20 Å². The first kappa shape index (κ1) is 10.4. The van der Waals surface area contributed by atoms with Gasteiger partial charge in [-0.1, -0.05) is 12.8 Å². The van der Waals surface area contributed by atoms with Gasteiger partial charge in [0, 0.05) is 31.4 Å². The Morgan fingerprint density at radius 1 is 1.20 bits per heavy atom. The highest BCUT2D eigenvalue weighted by Crippen LogP contribution is 2.19. The molecule has 1 aliphatic rings. The summed E-state index contributed by atoms with van der Waals surface area (Å²) in [5.41, 5.74) is 6.74. The van der Waals surface area contributed by atoms with Gasteiger partial charge in [0.1, 0.15) is 12.1 Å². The van der Waals surface area contributed by atoms with Gasteiger partial charge in [-0.15, -0.1) is 0 Å². The molecule has 2 heterocycles. The van der Waals surface area contributed by atoms with E-state index in [1.165, 1.54) is 25.7 Å². The summed E-state index contributed by atoms with van der Waals surface area (Å²) in [6.45, 7) is 2.72. The highest BCUT2D eigenvalue weighted by Gasteiger charge is 2.13. The average molecular weight is 206 g/mol. The SMILES string of the molecule is NCc1cncnc1N1CCCCCC1. The maximum Gasteiger partial charge on any atom is 0.136 e. The molecule has 0 atom stereocenters. The van der Waals surface area contributed by atoms with Crippen molar-refractivity contribution in [2.24, 2.45) is 5.73 Å². The molecule has 4 heteroatoms. The summed E-state index contributed by atoms with van der Waals surface area (Å²) in [5.74, 6) is 1.04. The van der Waals surface area contributed by atoms with Crippen LogP contribution < -0.4 is 10.6 Å². The van der Waals surface area contributed by atoms with Crippen LogP contribution in [0.15, 0.2) is 12.5 Å². The van der Waals surface area contributed by atoms with Gasteiger partial charge in [-0.2, -0.15) is 0 Å². The molecule has 1 saturated heterocycles. The second kappa shape index (κ2) is 5.07. The van der Waals surface area contributed by atoms with E-state index in [4.69, 9.17) is 5.73 Å². The van der Waals surface area contributed by atoms with Gasteiger partial charge in [-0.05, 0) is 12.8 Å². The predicted octanol–water partition coefficient (Wildman–Crippen LogP) is 1.32. The Kier molecular flexibility index (Phi) is 3.50. The number of nitrogens with zero attached hydrogens (tertiary/aromatic N) is 3. The van der Waals surface area contributed by atoms with E-state index in [9.17, 15) is 0 Å². The fourth-order valence-electron chi connectivity index (χ4n) is 2.06. The van der Waals surface area contributed by atoms with Crippen LogP contribution in [-0.4, -0.2) is 23.1 Å². The highest BCUT2D eigenvalue weighted by atomic mass is 15.2. The van der Waals surface area contributed by atoms with E-state index < -0.39 is 0 Å². The van der Waals surface area contributed by atoms with Crippen molar-refractivity contribution in [2.45, 2.75) is 32.2 Å². The minimum atomic E-state index is 0.521. The smallest absolute Gasteiger partial charge is 0.136 e. The van der Waals surface area contributed by atoms with Gasteiger partial charge in [-0.25, -0.2) is 9.97 Å². The fourth-order valence-corrected chi connectivity index (χ4v) is 2.06. The molecule has 0 radical (unpaired) electrons. The van der Waals surface area contributed by atoms with Crippen LogP contribution in [0.5, 0.6) is 0 Å². The Labute approximate surface area is 90.5 Å². The molecule has 2 rings (SSSR count). The molecule has 0 saturated carbocycles. The second-order valence-corrected chi connectivity index (χ2v) is 3.98. The summed E-state index contributed by atoms with van der Waals surface area (Å²) in [5, 5.41) is 0. The Morgan fingerprint density at radius 3 is 2.60 bits per heavy atom. The molecule has 4 nitrogen and oxygen atoms in total. The quantitative estimate of drug-likeness (QED) is 0.792. The number of nitrogens with two attached hydrogens (primary N) is 1. The van der Waals surface area contributed by atoms with Gasteiger partial charge in [0.25, 0.3) is 0 Å². The van der Waals surface area contributed by atoms with Crippen molar-refractivity contribution in [3.8, 4) is 0 Å². The second-order valence-electron chi connectivity index (χ2n) is 3.98. The molecule has 0 amide bonds. The first-order chi connectivity index (χ1) is 7.42. The molecule has 1 aromatic rings. The van der Waals surface area contributed by atoms with Crippen molar-refractivity contribution in [3.63, 3.8) is 0 Å². The summed E-state index contributed by atoms with van der Waals surface area (Å²) < 4.78 is 0. The van der Waals surface area contributed by atoms with Gasteiger partial charge in [0.15, 0.2) is 0 Å². The van der Waals surface area contributed by atoms with Crippen LogP contribution in [0.3, 0.4) is 0 Å². The molecule has 0 bridgehead atoms. The van der Waals surface area contributed by atoms with Gasteiger partial charge >= 0.3 is 0 Å². The molecule has 0 spiro atoms. The van der Waals surface area contributed by atoms with Crippen molar-refractivity contribution in [1.82, 2.24) is 9.97 Å². The van der Waals surface area contributed by atoms with Crippen LogP contribution in [-0.2, 0) is 6.54 Å². The van der Waals surface area contributed by atoms with Crippen LogP contribution in [0.25, 0.3) is 0 Å². The van der Waals surface area contributed by atoms with Crippen molar-refractivity contribution >= 4 is 5.82 Å². The van der Waals surface area contributed by atoms with Gasteiger partial charge in [0.2, 0.25) is 0 Å². The molecule has 0 aliphatic carbocycles. The number of rotatable bonds is 2. The Bertz CT molecular complexity index is 305. The van der Waals surface area contributed by atoms with Crippen LogP contribution in [0.2, 0.25) is 0 Å². The Hall–Kier alpha value is -1.16. The zero-order valence-corrected chi connectivity index (χ0v) is 9.02. The van der Waals surface area contributed by atoms with Crippen LogP contribution in [0.1, 0.15) is 31.2 Å². The third kappa shape index (κ3) is 2.45. The van der Waals surface area contributed by atoms with E-state index in [0.717, 1.165) is 24.5 Å². The normalized spacial score (nSPS) is 17.5. The summed E-state index contributed by atoms with van der Waals surface area (Å²) >= 11 is 0. The summed E-state index contributed by atoms with van der Waals surface area (Å²) in [7, 11) is 0. The van der Waals surface area contributed by atoms with Gasteiger partial charge in [-0.3, -0.25) is 0 Å². The molecular formula is C11H18N4. The van der Waals surface area contributed by atoms with E-state index in [-0.39, 0.29) is 0 Å². The lowest BCUT2D eigenvalue weighted by Gasteiger charge is -2.23. The van der Waals surface area contributed by atoms with E-state index in [0.29, 0.717) is 6.54 Å². The van der Waals surface area contributed by atoms with E-state index in [2.05, 4.69) is 14.9 Å². The minimum absolute atomic E-state index is 0.521. The van der Waals surface area contributed by atoms with Crippen molar-refractivity contribution in [1.29, 1.82) is 0 Å². The fraction of sp³-hybridized carbons (Fsp3) is 0.636. The number of anilines is 1. The topological polar surface area (TPSA) is 55.0 Å². The molecular weight excluding hydrogens is 188 g/mol. The highest BCUT2D eigenvalue weighted by molar-refractivity contribution is 5.45. The van der Waals surface area contributed by atoms with Crippen molar-refractivity contribution in [2.75, 3.05) is 18.0 Å². The predicted molar refractivity (Wildman–Crippen MR) is 60.6 cm³/mol. The van der Waals surface area contributed by atoms with Crippen molar-refractivity contribution in [3.05, 3.63) is 18.1 Å². The molecule has 1 aromatic heterocycles.